The molecule has 5 heteroatoms. The van der Waals surface area contributed by atoms with Gasteiger partial charge in [0.05, 0.1) is 5.75 Å². The number of hydrogen-bond donors (Lipinski definition) is 1. The Balaban J connectivity index is 2.54. The van der Waals surface area contributed by atoms with Gasteiger partial charge < -0.3 is 5.11 Å². The van der Waals surface area contributed by atoms with Crippen molar-refractivity contribution in [3.05, 3.63) is 0 Å². The molecule has 1 N–H and O–H groups in total. The first-order valence-corrected chi connectivity index (χ1v) is 6.33. The molecule has 0 atom stereocenters. The van der Waals surface area contributed by atoms with Gasteiger partial charge in [-0.15, -0.1) is 0 Å². The Hall–Kier alpha value is -0.130. The van der Waals surface area contributed by atoms with E-state index in [4.69, 9.17) is 5.11 Å². The van der Waals surface area contributed by atoms with Gasteiger partial charge in [-0.05, 0) is 19.3 Å². The molecule has 1 aliphatic rings. The molecule has 0 aromatic rings. The normalized spacial score (nSPS) is 18.1. The van der Waals surface area contributed by atoms with E-state index in [-0.39, 0.29) is 18.4 Å². The molecular formula is C8H17NO3S. The van der Waals surface area contributed by atoms with Crippen LogP contribution in [-0.2, 0) is 10.0 Å². The monoisotopic (exact) mass is 207 g/mol. The summed E-state index contributed by atoms with van der Waals surface area (Å²) < 4.78 is 24.8. The lowest BCUT2D eigenvalue weighted by atomic mass is 10.5. The fourth-order valence-electron chi connectivity index (χ4n) is 1.41. The molecule has 0 saturated heterocycles. The first-order valence-electron chi connectivity index (χ1n) is 4.72. The van der Waals surface area contributed by atoms with E-state index in [2.05, 4.69) is 0 Å². The fraction of sp³-hybridized carbons (Fsp3) is 1.00. The van der Waals surface area contributed by atoms with Crippen molar-refractivity contribution in [2.45, 2.75) is 32.2 Å². The highest BCUT2D eigenvalue weighted by atomic mass is 32.2. The van der Waals surface area contributed by atoms with Gasteiger partial charge in [0.1, 0.15) is 0 Å². The van der Waals surface area contributed by atoms with E-state index in [9.17, 15) is 8.42 Å². The zero-order valence-corrected chi connectivity index (χ0v) is 8.76. The Morgan fingerprint density at radius 1 is 1.46 bits per heavy atom. The van der Waals surface area contributed by atoms with Gasteiger partial charge in [-0.3, -0.25) is 0 Å². The van der Waals surface area contributed by atoms with E-state index in [0.29, 0.717) is 13.0 Å². The van der Waals surface area contributed by atoms with Crippen molar-refractivity contribution in [2.24, 2.45) is 0 Å². The maximum Gasteiger partial charge on any atom is 0.214 e. The van der Waals surface area contributed by atoms with Crippen LogP contribution in [-0.4, -0.2) is 42.8 Å². The Morgan fingerprint density at radius 2 is 2.08 bits per heavy atom. The fourth-order valence-corrected chi connectivity index (χ4v) is 3.20. The van der Waals surface area contributed by atoms with E-state index < -0.39 is 10.0 Å². The van der Waals surface area contributed by atoms with Crippen molar-refractivity contribution in [3.8, 4) is 0 Å². The van der Waals surface area contributed by atoms with Gasteiger partial charge >= 0.3 is 0 Å². The molecule has 4 nitrogen and oxygen atoms in total. The number of hydrogen-bond acceptors (Lipinski definition) is 3. The third-order valence-corrected chi connectivity index (χ3v) is 4.26. The van der Waals surface area contributed by atoms with Gasteiger partial charge in [0, 0.05) is 19.2 Å². The minimum atomic E-state index is -3.10. The summed E-state index contributed by atoms with van der Waals surface area (Å²) in [6.07, 6.45) is 2.32. The molecular weight excluding hydrogens is 190 g/mol. The maximum absolute atomic E-state index is 11.6. The van der Waals surface area contributed by atoms with Crippen LogP contribution in [0.2, 0.25) is 0 Å². The summed E-state index contributed by atoms with van der Waals surface area (Å²) in [5, 5.41) is 8.56. The number of rotatable bonds is 6. The van der Waals surface area contributed by atoms with E-state index in [1.807, 2.05) is 6.92 Å². The Kier molecular flexibility index (Phi) is 3.70. The molecule has 0 aromatic carbocycles. The van der Waals surface area contributed by atoms with Crippen molar-refractivity contribution in [2.75, 3.05) is 18.9 Å². The SMILES string of the molecule is CCN(C1CC1)S(=O)(=O)CCCO. The van der Waals surface area contributed by atoms with Crippen LogP contribution in [0.3, 0.4) is 0 Å². The van der Waals surface area contributed by atoms with Crippen LogP contribution in [0.1, 0.15) is 26.2 Å². The highest BCUT2D eigenvalue weighted by molar-refractivity contribution is 7.89. The lowest BCUT2D eigenvalue weighted by Crippen LogP contribution is -2.34. The van der Waals surface area contributed by atoms with Crippen LogP contribution in [0.5, 0.6) is 0 Å². The number of sulfonamides is 1. The van der Waals surface area contributed by atoms with Crippen molar-refractivity contribution in [1.82, 2.24) is 4.31 Å². The second-order valence-electron chi connectivity index (χ2n) is 3.33. The van der Waals surface area contributed by atoms with Gasteiger partial charge in [0.2, 0.25) is 10.0 Å². The van der Waals surface area contributed by atoms with Crippen LogP contribution in [0.15, 0.2) is 0 Å². The Morgan fingerprint density at radius 3 is 2.46 bits per heavy atom. The largest absolute Gasteiger partial charge is 0.396 e. The minimum Gasteiger partial charge on any atom is -0.396 e. The average Bonchev–Trinajstić information content (AvgIpc) is 2.86. The molecule has 0 aromatic heterocycles. The molecule has 0 heterocycles. The van der Waals surface area contributed by atoms with Gasteiger partial charge in [0.15, 0.2) is 0 Å². The summed E-state index contributed by atoms with van der Waals surface area (Å²) in [7, 11) is -3.10. The molecule has 1 rings (SSSR count). The molecule has 1 saturated carbocycles. The Bertz CT molecular complexity index is 246. The summed E-state index contributed by atoms with van der Waals surface area (Å²) in [5.41, 5.74) is 0. The Labute approximate surface area is 79.6 Å². The van der Waals surface area contributed by atoms with Crippen molar-refractivity contribution < 1.29 is 13.5 Å². The first kappa shape index (κ1) is 10.9. The van der Waals surface area contributed by atoms with Crippen LogP contribution in [0.4, 0.5) is 0 Å². The first-order chi connectivity index (χ1) is 6.11. The number of aliphatic hydroxyl groups is 1. The second kappa shape index (κ2) is 4.39. The molecule has 0 bridgehead atoms. The van der Waals surface area contributed by atoms with E-state index in [1.54, 1.807) is 4.31 Å². The summed E-state index contributed by atoms with van der Waals surface area (Å²) in [6, 6.07) is 0.244. The molecule has 0 unspecified atom stereocenters. The topological polar surface area (TPSA) is 57.6 Å². The smallest absolute Gasteiger partial charge is 0.214 e. The minimum absolute atomic E-state index is 0.0541. The zero-order valence-electron chi connectivity index (χ0n) is 7.94. The maximum atomic E-state index is 11.6. The molecule has 0 spiro atoms. The van der Waals surface area contributed by atoms with Crippen LogP contribution in [0, 0.1) is 0 Å². The van der Waals surface area contributed by atoms with Crippen molar-refractivity contribution >= 4 is 10.0 Å². The van der Waals surface area contributed by atoms with E-state index in [0.717, 1.165) is 12.8 Å². The third-order valence-electron chi connectivity index (χ3n) is 2.18. The average molecular weight is 207 g/mol. The molecule has 1 aliphatic carbocycles. The van der Waals surface area contributed by atoms with Crippen LogP contribution in [0.25, 0.3) is 0 Å². The lowest BCUT2D eigenvalue weighted by molar-refractivity contribution is 0.293. The zero-order chi connectivity index (χ0) is 9.90. The van der Waals surface area contributed by atoms with Crippen molar-refractivity contribution in [3.63, 3.8) is 0 Å². The number of aliphatic hydroxyl groups excluding tert-OH is 1. The molecule has 0 radical (unpaired) electrons. The van der Waals surface area contributed by atoms with Crippen molar-refractivity contribution in [1.29, 1.82) is 0 Å². The third kappa shape index (κ3) is 2.93. The molecule has 0 amide bonds. The molecule has 13 heavy (non-hydrogen) atoms. The van der Waals surface area contributed by atoms with Crippen LogP contribution >= 0.6 is 0 Å². The van der Waals surface area contributed by atoms with Gasteiger partial charge in [-0.1, -0.05) is 6.92 Å². The molecule has 0 aliphatic heterocycles. The van der Waals surface area contributed by atoms with E-state index in [1.165, 1.54) is 0 Å². The summed E-state index contributed by atoms with van der Waals surface area (Å²) in [5.74, 6) is 0.0772. The summed E-state index contributed by atoms with van der Waals surface area (Å²) in [4.78, 5) is 0. The van der Waals surface area contributed by atoms with Gasteiger partial charge in [-0.25, -0.2) is 8.42 Å². The summed E-state index contributed by atoms with van der Waals surface area (Å²) in [6.45, 7) is 2.36. The quantitative estimate of drug-likeness (QED) is 0.676. The number of nitrogens with zero attached hydrogens (tertiary/aromatic N) is 1. The predicted octanol–water partition coefficient (Wildman–Crippen LogP) is 0.183. The lowest BCUT2D eigenvalue weighted by Gasteiger charge is -2.19. The highest BCUT2D eigenvalue weighted by Gasteiger charge is 2.35. The summed E-state index contributed by atoms with van der Waals surface area (Å²) >= 11 is 0. The molecule has 1 fully saturated rings. The van der Waals surface area contributed by atoms with Gasteiger partial charge in [-0.2, -0.15) is 4.31 Å². The second-order valence-corrected chi connectivity index (χ2v) is 5.37. The molecule has 78 valence electrons. The van der Waals surface area contributed by atoms with Crippen LogP contribution < -0.4 is 0 Å². The standard InChI is InChI=1S/C8H17NO3S/c1-2-9(8-4-5-8)13(11,12)7-3-6-10/h8,10H,2-7H2,1H3. The predicted molar refractivity (Wildman–Crippen MR) is 50.9 cm³/mol. The van der Waals surface area contributed by atoms with Gasteiger partial charge in [0.25, 0.3) is 0 Å². The highest BCUT2D eigenvalue weighted by Crippen LogP contribution is 2.29. The van der Waals surface area contributed by atoms with E-state index >= 15 is 0 Å².